The van der Waals surface area contributed by atoms with Gasteiger partial charge in [0, 0.05) is 16.7 Å². The molecule has 0 aliphatic carbocycles. The molecule has 5 rings (SSSR count). The number of aromatic hydroxyl groups is 1. The Balaban J connectivity index is 1.70. The van der Waals surface area contributed by atoms with Crippen LogP contribution in [0.1, 0.15) is 4.88 Å². The van der Waals surface area contributed by atoms with Crippen LogP contribution in [0.5, 0.6) is 17.4 Å². The van der Waals surface area contributed by atoms with Crippen LogP contribution in [-0.4, -0.2) is 14.5 Å². The predicted molar refractivity (Wildman–Crippen MR) is 131 cm³/mol. The number of nitrogens with zero attached hydrogens (tertiary/aromatic N) is 3. The fraction of sp³-hybridized carbons (Fsp3) is 0.0417. The largest absolute Gasteiger partial charge is 0.477 e. The molecule has 0 saturated carbocycles. The number of benzene rings is 2. The second-order valence-corrected chi connectivity index (χ2v) is 9.80. The second kappa shape index (κ2) is 8.97. The Hall–Kier alpha value is -3.20. The molecule has 5 aromatic rings. The van der Waals surface area contributed by atoms with E-state index < -0.39 is 0 Å². The van der Waals surface area contributed by atoms with E-state index in [4.69, 9.17) is 16.3 Å². The lowest BCUT2D eigenvalue weighted by Crippen LogP contribution is -2.41. The van der Waals surface area contributed by atoms with E-state index in [0.29, 0.717) is 33.7 Å². The van der Waals surface area contributed by atoms with Crippen molar-refractivity contribution >= 4 is 44.5 Å². The number of halogens is 2. The lowest BCUT2D eigenvalue weighted by atomic mass is 10.1. The molecule has 0 unspecified atom stereocenters. The van der Waals surface area contributed by atoms with Crippen LogP contribution in [0.2, 0.25) is 4.47 Å². The number of ether oxygens (including phenoxy) is 1. The fourth-order valence-electron chi connectivity index (χ4n) is 3.54. The van der Waals surface area contributed by atoms with Gasteiger partial charge < -0.3 is 9.84 Å². The van der Waals surface area contributed by atoms with Crippen molar-refractivity contribution in [2.75, 3.05) is 0 Å². The summed E-state index contributed by atoms with van der Waals surface area (Å²) in [5.74, 6) is 1.00. The van der Waals surface area contributed by atoms with Crippen LogP contribution in [0.25, 0.3) is 16.8 Å². The number of rotatable bonds is 5. The molecule has 0 spiro atoms. The number of aromatic nitrogens is 3. The molecule has 0 aliphatic heterocycles. The molecule has 0 atom stereocenters. The van der Waals surface area contributed by atoms with Gasteiger partial charge >= 0.3 is 5.56 Å². The monoisotopic (exact) mass is 540 g/mol. The summed E-state index contributed by atoms with van der Waals surface area (Å²) in [6, 6.07) is 20.0. The third-order valence-corrected chi connectivity index (χ3v) is 6.67. The topological polar surface area (TPSA) is 67.7 Å². The van der Waals surface area contributed by atoms with Crippen molar-refractivity contribution in [1.82, 2.24) is 9.38 Å². The standard InChI is InChI=1S/C24H15BrClN3O3S/c25-16-6-8-17(9-7-16)32-18-10-11-20-28(13-18)22(30)21(15-4-2-1-3-5-15)23(31)29(20)14-19-12-27-24(26)33-19/h1-13H,14H2/p+1. The van der Waals surface area contributed by atoms with Gasteiger partial charge in [-0.2, -0.15) is 8.97 Å². The first-order valence-corrected chi connectivity index (χ1v) is 11.9. The van der Waals surface area contributed by atoms with E-state index in [1.165, 1.54) is 15.7 Å². The van der Waals surface area contributed by atoms with E-state index in [1.54, 1.807) is 41.2 Å². The van der Waals surface area contributed by atoms with E-state index in [2.05, 4.69) is 20.9 Å². The van der Waals surface area contributed by atoms with Crippen molar-refractivity contribution < 1.29 is 14.4 Å². The van der Waals surface area contributed by atoms with Crippen LogP contribution in [0.4, 0.5) is 0 Å². The van der Waals surface area contributed by atoms with Crippen LogP contribution in [0.3, 0.4) is 0 Å². The van der Waals surface area contributed by atoms with Crippen LogP contribution in [-0.2, 0) is 6.54 Å². The molecular formula is C24H16BrClN3O3S+. The smallest absolute Gasteiger partial charge is 0.354 e. The lowest BCUT2D eigenvalue weighted by molar-refractivity contribution is -0.671. The third kappa shape index (κ3) is 4.37. The molecule has 3 aromatic heterocycles. The zero-order valence-corrected chi connectivity index (χ0v) is 20.1. The van der Waals surface area contributed by atoms with E-state index in [9.17, 15) is 9.90 Å². The summed E-state index contributed by atoms with van der Waals surface area (Å²) in [6.45, 7) is 0.298. The molecule has 0 saturated heterocycles. The number of fused-ring (bicyclic) bond motifs is 1. The predicted octanol–water partition coefficient (Wildman–Crippen LogP) is 5.67. The molecule has 6 nitrogen and oxygen atoms in total. The fourth-order valence-corrected chi connectivity index (χ4v) is 4.77. The molecule has 2 aromatic carbocycles. The molecular weight excluding hydrogens is 526 g/mol. The molecule has 0 radical (unpaired) electrons. The quantitative estimate of drug-likeness (QED) is 0.291. The summed E-state index contributed by atoms with van der Waals surface area (Å²) in [5.41, 5.74) is 0.965. The van der Waals surface area contributed by atoms with Gasteiger partial charge in [0.2, 0.25) is 0 Å². The molecule has 3 heterocycles. The van der Waals surface area contributed by atoms with E-state index in [0.717, 1.165) is 9.35 Å². The molecule has 164 valence electrons. The summed E-state index contributed by atoms with van der Waals surface area (Å²) in [4.78, 5) is 18.4. The van der Waals surface area contributed by atoms with Gasteiger partial charge in [0.1, 0.15) is 18.5 Å². The molecule has 0 fully saturated rings. The van der Waals surface area contributed by atoms with Gasteiger partial charge in [-0.15, -0.1) is 11.3 Å². The van der Waals surface area contributed by atoms with Crippen molar-refractivity contribution in [1.29, 1.82) is 0 Å². The van der Waals surface area contributed by atoms with Gasteiger partial charge in [-0.05, 0) is 35.9 Å². The second-order valence-electron chi connectivity index (χ2n) is 7.18. The summed E-state index contributed by atoms with van der Waals surface area (Å²) in [5, 5.41) is 11.2. The third-order valence-electron chi connectivity index (χ3n) is 5.04. The Morgan fingerprint density at radius 1 is 1.06 bits per heavy atom. The molecule has 0 amide bonds. The molecule has 9 heteroatoms. The lowest BCUT2D eigenvalue weighted by Gasteiger charge is -2.11. The first kappa shape index (κ1) is 21.6. The van der Waals surface area contributed by atoms with E-state index in [-0.39, 0.29) is 17.0 Å². The minimum atomic E-state index is -0.353. The summed E-state index contributed by atoms with van der Waals surface area (Å²) < 4.78 is 10.5. The number of pyridine rings is 1. The Labute approximate surface area is 206 Å². The van der Waals surface area contributed by atoms with Gasteiger partial charge in [0.25, 0.3) is 11.5 Å². The van der Waals surface area contributed by atoms with Gasteiger partial charge in [0.05, 0.1) is 4.88 Å². The van der Waals surface area contributed by atoms with Crippen LogP contribution in [0, 0.1) is 0 Å². The highest BCUT2D eigenvalue weighted by Crippen LogP contribution is 2.27. The summed E-state index contributed by atoms with van der Waals surface area (Å²) in [6.07, 6.45) is 3.29. The van der Waals surface area contributed by atoms with Crippen molar-refractivity contribution in [2.45, 2.75) is 6.54 Å². The minimum Gasteiger partial charge on any atom is -0.477 e. The highest BCUT2D eigenvalue weighted by atomic mass is 79.9. The maximum atomic E-state index is 13.5. The van der Waals surface area contributed by atoms with E-state index in [1.807, 2.05) is 42.5 Å². The van der Waals surface area contributed by atoms with Crippen molar-refractivity contribution in [2.24, 2.45) is 0 Å². The van der Waals surface area contributed by atoms with Crippen molar-refractivity contribution in [3.8, 4) is 28.5 Å². The maximum absolute atomic E-state index is 13.5. The molecule has 33 heavy (non-hydrogen) atoms. The van der Waals surface area contributed by atoms with Gasteiger partial charge in [-0.25, -0.2) is 9.78 Å². The summed E-state index contributed by atoms with van der Waals surface area (Å²) in [7, 11) is 0. The van der Waals surface area contributed by atoms with Crippen molar-refractivity contribution in [3.05, 3.63) is 103 Å². The number of hydrogen-bond donors (Lipinski definition) is 1. The average Bonchev–Trinajstić information content (AvgIpc) is 3.24. The number of hydrogen-bond acceptors (Lipinski definition) is 5. The maximum Gasteiger partial charge on any atom is 0.354 e. The Morgan fingerprint density at radius 2 is 1.79 bits per heavy atom. The van der Waals surface area contributed by atoms with Gasteiger partial charge in [-0.1, -0.05) is 57.9 Å². The highest BCUT2D eigenvalue weighted by molar-refractivity contribution is 9.10. The molecule has 0 bridgehead atoms. The summed E-state index contributed by atoms with van der Waals surface area (Å²) >= 11 is 10.7. The van der Waals surface area contributed by atoms with Gasteiger partial charge in [0.15, 0.2) is 15.8 Å². The molecule has 0 aliphatic rings. The van der Waals surface area contributed by atoms with Crippen LogP contribution >= 0.6 is 38.9 Å². The zero-order valence-electron chi connectivity index (χ0n) is 17.0. The first-order valence-electron chi connectivity index (χ1n) is 9.90. The van der Waals surface area contributed by atoms with E-state index >= 15 is 0 Å². The Kier molecular flexibility index (Phi) is 5.88. The SMILES string of the molecule is O=c1c(-c2ccccc2)c(O)[n+](Cc2cnc(Cl)s2)c2ccc(Oc3ccc(Br)cc3)cn12. The average molecular weight is 542 g/mol. The normalized spacial score (nSPS) is 11.1. The molecule has 1 N–H and O–H groups in total. The highest BCUT2D eigenvalue weighted by Gasteiger charge is 2.26. The minimum absolute atomic E-state index is 0.127. The van der Waals surface area contributed by atoms with Crippen LogP contribution in [0.15, 0.2) is 88.4 Å². The first-order chi connectivity index (χ1) is 16.0. The Morgan fingerprint density at radius 3 is 2.48 bits per heavy atom. The van der Waals surface area contributed by atoms with Crippen LogP contribution < -0.4 is 14.9 Å². The van der Waals surface area contributed by atoms with Crippen molar-refractivity contribution in [3.63, 3.8) is 0 Å². The zero-order chi connectivity index (χ0) is 22.9. The number of thiazole rings is 1. The van der Waals surface area contributed by atoms with Gasteiger partial charge in [-0.3, -0.25) is 0 Å². The Bertz CT molecular complexity index is 1520.